The molecule has 1 N–H and O–H groups in total. The highest BCUT2D eigenvalue weighted by Gasteiger charge is 2.23. The van der Waals surface area contributed by atoms with Crippen LogP contribution in [0, 0.1) is 0 Å². The van der Waals surface area contributed by atoms with Crippen LogP contribution in [0.3, 0.4) is 0 Å². The predicted molar refractivity (Wildman–Crippen MR) is 76.6 cm³/mol. The first kappa shape index (κ1) is 15.2. The summed E-state index contributed by atoms with van der Waals surface area (Å²) in [6, 6.07) is 0.651. The van der Waals surface area contributed by atoms with E-state index in [1.165, 1.54) is 19.4 Å². The minimum atomic E-state index is 0.344. The fourth-order valence-electron chi connectivity index (χ4n) is 2.97. The number of nitrogens with zero attached hydrogens (tertiary/aromatic N) is 2. The van der Waals surface area contributed by atoms with Crippen LogP contribution in [0.25, 0.3) is 0 Å². The van der Waals surface area contributed by atoms with E-state index >= 15 is 0 Å². The van der Waals surface area contributed by atoms with Gasteiger partial charge < -0.3 is 19.7 Å². The number of morpholine rings is 1. The van der Waals surface area contributed by atoms with Crippen LogP contribution in [0.4, 0.5) is 0 Å². The Morgan fingerprint density at radius 3 is 3.00 bits per heavy atom. The molecule has 0 spiro atoms. The van der Waals surface area contributed by atoms with Crippen molar-refractivity contribution < 1.29 is 9.47 Å². The number of nitrogens with one attached hydrogen (secondary N) is 1. The summed E-state index contributed by atoms with van der Waals surface area (Å²) in [7, 11) is 3.95. The molecule has 5 heteroatoms. The van der Waals surface area contributed by atoms with Crippen LogP contribution in [0.5, 0.6) is 0 Å². The monoisotopic (exact) mass is 271 g/mol. The number of hydrogen-bond acceptors (Lipinski definition) is 5. The van der Waals surface area contributed by atoms with Gasteiger partial charge in [-0.15, -0.1) is 0 Å². The Labute approximate surface area is 117 Å². The van der Waals surface area contributed by atoms with Crippen molar-refractivity contribution in [3.63, 3.8) is 0 Å². The fourth-order valence-corrected chi connectivity index (χ4v) is 2.97. The number of rotatable bonds is 7. The molecular weight excluding hydrogens is 242 g/mol. The molecule has 2 unspecified atom stereocenters. The highest BCUT2D eigenvalue weighted by molar-refractivity contribution is 4.80. The average Bonchev–Trinajstić information content (AvgIpc) is 2.89. The number of methoxy groups -OCH3 is 1. The van der Waals surface area contributed by atoms with Crippen molar-refractivity contribution >= 4 is 0 Å². The van der Waals surface area contributed by atoms with Crippen LogP contribution in [0.2, 0.25) is 0 Å². The smallest absolute Gasteiger partial charge is 0.0829 e. The molecule has 5 nitrogen and oxygen atoms in total. The summed E-state index contributed by atoms with van der Waals surface area (Å²) in [4.78, 5) is 4.85. The van der Waals surface area contributed by atoms with Crippen LogP contribution in [0.15, 0.2) is 0 Å². The Bertz CT molecular complexity index is 247. The molecule has 2 saturated heterocycles. The zero-order valence-electron chi connectivity index (χ0n) is 12.4. The van der Waals surface area contributed by atoms with Crippen molar-refractivity contribution in [1.82, 2.24) is 15.1 Å². The van der Waals surface area contributed by atoms with Crippen molar-refractivity contribution in [1.29, 1.82) is 0 Å². The zero-order chi connectivity index (χ0) is 13.5. The molecule has 0 radical (unpaired) electrons. The van der Waals surface area contributed by atoms with Gasteiger partial charge in [-0.05, 0) is 26.4 Å². The van der Waals surface area contributed by atoms with E-state index in [0.29, 0.717) is 12.1 Å². The van der Waals surface area contributed by atoms with Crippen molar-refractivity contribution in [2.45, 2.75) is 25.0 Å². The Kier molecular flexibility index (Phi) is 6.53. The van der Waals surface area contributed by atoms with Crippen molar-refractivity contribution in [3.05, 3.63) is 0 Å². The summed E-state index contributed by atoms with van der Waals surface area (Å²) in [5.74, 6) is 0. The first-order valence-corrected chi connectivity index (χ1v) is 7.52. The quantitative estimate of drug-likeness (QED) is 0.706. The molecule has 2 fully saturated rings. The second kappa shape index (κ2) is 8.17. The van der Waals surface area contributed by atoms with Gasteiger partial charge in [0.2, 0.25) is 0 Å². The largest absolute Gasteiger partial charge is 0.383 e. The third kappa shape index (κ3) is 5.36. The highest BCUT2D eigenvalue weighted by atomic mass is 16.5. The lowest BCUT2D eigenvalue weighted by atomic mass is 10.2. The van der Waals surface area contributed by atoms with E-state index in [1.54, 1.807) is 7.11 Å². The minimum absolute atomic E-state index is 0.344. The maximum Gasteiger partial charge on any atom is 0.0829 e. The molecule has 2 rings (SSSR count). The van der Waals surface area contributed by atoms with Crippen LogP contribution >= 0.6 is 0 Å². The molecule has 2 aliphatic rings. The van der Waals surface area contributed by atoms with Gasteiger partial charge in [0.15, 0.2) is 0 Å². The minimum Gasteiger partial charge on any atom is -0.383 e. The summed E-state index contributed by atoms with van der Waals surface area (Å²) >= 11 is 0. The van der Waals surface area contributed by atoms with Gasteiger partial charge in [-0.1, -0.05) is 0 Å². The summed E-state index contributed by atoms with van der Waals surface area (Å²) < 4.78 is 11.1. The summed E-state index contributed by atoms with van der Waals surface area (Å²) in [6.07, 6.45) is 2.96. The molecule has 112 valence electrons. The molecule has 0 aliphatic carbocycles. The zero-order valence-corrected chi connectivity index (χ0v) is 12.4. The molecule has 0 aromatic heterocycles. The van der Waals surface area contributed by atoms with E-state index in [2.05, 4.69) is 22.2 Å². The molecule has 2 atom stereocenters. The van der Waals surface area contributed by atoms with Gasteiger partial charge in [0, 0.05) is 45.9 Å². The SMILES string of the molecule is COCCN(CC1CCCN1)CC1CN(C)CCO1. The molecule has 0 saturated carbocycles. The van der Waals surface area contributed by atoms with Crippen molar-refractivity contribution in [3.8, 4) is 0 Å². The van der Waals surface area contributed by atoms with Gasteiger partial charge in [0.25, 0.3) is 0 Å². The molecule has 0 aromatic carbocycles. The van der Waals surface area contributed by atoms with Gasteiger partial charge in [0.1, 0.15) is 0 Å². The van der Waals surface area contributed by atoms with Crippen LogP contribution in [-0.2, 0) is 9.47 Å². The second-order valence-corrected chi connectivity index (χ2v) is 5.80. The van der Waals surface area contributed by atoms with E-state index in [-0.39, 0.29) is 0 Å². The van der Waals surface area contributed by atoms with Crippen LogP contribution in [-0.4, -0.2) is 88.6 Å². The van der Waals surface area contributed by atoms with Gasteiger partial charge in [-0.2, -0.15) is 0 Å². The fraction of sp³-hybridized carbons (Fsp3) is 1.00. The molecule has 2 heterocycles. The topological polar surface area (TPSA) is 37.0 Å². The van der Waals surface area contributed by atoms with Gasteiger partial charge >= 0.3 is 0 Å². The molecule has 2 aliphatic heterocycles. The van der Waals surface area contributed by atoms with E-state index in [1.807, 2.05) is 0 Å². The Morgan fingerprint density at radius 2 is 2.32 bits per heavy atom. The maximum atomic E-state index is 5.88. The highest BCUT2D eigenvalue weighted by Crippen LogP contribution is 2.10. The van der Waals surface area contributed by atoms with E-state index in [4.69, 9.17) is 9.47 Å². The van der Waals surface area contributed by atoms with Gasteiger partial charge in [0.05, 0.1) is 19.3 Å². The molecule has 0 amide bonds. The molecule has 19 heavy (non-hydrogen) atoms. The molecule has 0 bridgehead atoms. The van der Waals surface area contributed by atoms with Crippen LogP contribution < -0.4 is 5.32 Å². The second-order valence-electron chi connectivity index (χ2n) is 5.80. The van der Waals surface area contributed by atoms with Crippen LogP contribution in [0.1, 0.15) is 12.8 Å². The first-order valence-electron chi connectivity index (χ1n) is 7.52. The van der Waals surface area contributed by atoms with Crippen molar-refractivity contribution in [2.24, 2.45) is 0 Å². The number of likely N-dealkylation sites (N-methyl/N-ethyl adjacent to an activating group) is 1. The Balaban J connectivity index is 1.77. The van der Waals surface area contributed by atoms with E-state index in [0.717, 1.165) is 45.9 Å². The van der Waals surface area contributed by atoms with Crippen molar-refractivity contribution in [2.75, 3.05) is 66.6 Å². The third-order valence-corrected chi connectivity index (χ3v) is 4.06. The molecule has 0 aromatic rings. The summed E-state index contributed by atoms with van der Waals surface area (Å²) in [5, 5.41) is 3.58. The Morgan fingerprint density at radius 1 is 1.42 bits per heavy atom. The standard InChI is InChI=1S/C14H29N3O2/c1-16-6-9-19-14(11-16)12-17(7-8-18-2)10-13-4-3-5-15-13/h13-15H,3-12H2,1-2H3. The summed E-state index contributed by atoms with van der Waals surface area (Å²) in [5.41, 5.74) is 0. The van der Waals surface area contributed by atoms with E-state index in [9.17, 15) is 0 Å². The Hall–Kier alpha value is -0.200. The predicted octanol–water partition coefficient (Wildman–Crippen LogP) is 0.0174. The number of hydrogen-bond donors (Lipinski definition) is 1. The lowest BCUT2D eigenvalue weighted by Crippen LogP contribution is -2.49. The first-order chi connectivity index (χ1) is 9.28. The normalized spacial score (nSPS) is 29.2. The third-order valence-electron chi connectivity index (χ3n) is 4.06. The number of ether oxygens (including phenoxy) is 2. The summed E-state index contributed by atoms with van der Waals surface area (Å²) in [6.45, 7) is 8.07. The molecular formula is C14H29N3O2. The van der Waals surface area contributed by atoms with E-state index < -0.39 is 0 Å². The lowest BCUT2D eigenvalue weighted by Gasteiger charge is -2.34. The van der Waals surface area contributed by atoms with Gasteiger partial charge in [-0.25, -0.2) is 0 Å². The average molecular weight is 271 g/mol. The van der Waals surface area contributed by atoms with Gasteiger partial charge in [-0.3, -0.25) is 4.90 Å². The lowest BCUT2D eigenvalue weighted by molar-refractivity contribution is -0.0385. The maximum absolute atomic E-state index is 5.88.